The number of rotatable bonds is 3. The third-order valence-electron chi connectivity index (χ3n) is 3.37. The van der Waals surface area contributed by atoms with Gasteiger partial charge in [0.25, 0.3) is 0 Å². The van der Waals surface area contributed by atoms with Crippen LogP contribution in [0.3, 0.4) is 0 Å². The van der Waals surface area contributed by atoms with E-state index in [0.717, 1.165) is 21.1 Å². The van der Waals surface area contributed by atoms with Crippen LogP contribution in [0.15, 0.2) is 59.2 Å². The summed E-state index contributed by atoms with van der Waals surface area (Å²) in [6, 6.07) is 15.8. The normalized spacial score (nSPS) is 10.8. The molecule has 3 nitrogen and oxygen atoms in total. The van der Waals surface area contributed by atoms with Gasteiger partial charge in [-0.05, 0) is 54.3 Å². The quantitative estimate of drug-likeness (QED) is 0.754. The standard InChI is InChI=1S/C17H15BrN2O/c1-12-2-3-13-8-9-20(16(13)10-12)11-17(21)19-15-6-4-14(18)5-7-15/h2-10H,11H2,1H3,(H,19,21). The van der Waals surface area contributed by atoms with Crippen molar-refractivity contribution in [2.24, 2.45) is 0 Å². The molecule has 1 aromatic heterocycles. The lowest BCUT2D eigenvalue weighted by Gasteiger charge is -2.08. The summed E-state index contributed by atoms with van der Waals surface area (Å²) in [7, 11) is 0. The number of nitrogens with zero attached hydrogens (tertiary/aromatic N) is 1. The molecular weight excluding hydrogens is 328 g/mol. The van der Waals surface area contributed by atoms with Crippen LogP contribution in [0.4, 0.5) is 5.69 Å². The van der Waals surface area contributed by atoms with Gasteiger partial charge in [0.15, 0.2) is 0 Å². The fraction of sp³-hybridized carbons (Fsp3) is 0.118. The molecule has 21 heavy (non-hydrogen) atoms. The molecule has 2 aromatic carbocycles. The van der Waals surface area contributed by atoms with Crippen molar-refractivity contribution < 1.29 is 4.79 Å². The Morgan fingerprint density at radius 2 is 1.90 bits per heavy atom. The van der Waals surface area contributed by atoms with Gasteiger partial charge >= 0.3 is 0 Å². The van der Waals surface area contributed by atoms with Gasteiger partial charge in [0.05, 0.1) is 0 Å². The second-order valence-corrected chi connectivity index (χ2v) is 5.98. The summed E-state index contributed by atoms with van der Waals surface area (Å²) in [6.07, 6.45) is 1.95. The number of carbonyl (C=O) groups is 1. The zero-order chi connectivity index (χ0) is 14.8. The molecule has 3 aromatic rings. The van der Waals surface area contributed by atoms with Crippen LogP contribution in [-0.4, -0.2) is 10.5 Å². The average molecular weight is 343 g/mol. The summed E-state index contributed by atoms with van der Waals surface area (Å²) < 4.78 is 2.96. The SMILES string of the molecule is Cc1ccc2ccn(CC(=O)Nc3ccc(Br)cc3)c2c1. The number of anilines is 1. The average Bonchev–Trinajstić information content (AvgIpc) is 2.84. The maximum absolute atomic E-state index is 12.1. The van der Waals surface area contributed by atoms with E-state index in [4.69, 9.17) is 0 Å². The van der Waals surface area contributed by atoms with E-state index in [9.17, 15) is 4.79 Å². The highest BCUT2D eigenvalue weighted by Gasteiger charge is 2.07. The van der Waals surface area contributed by atoms with Crippen molar-refractivity contribution in [2.75, 3.05) is 5.32 Å². The Bertz CT molecular complexity index is 790. The summed E-state index contributed by atoms with van der Waals surface area (Å²) in [5.74, 6) is -0.0312. The summed E-state index contributed by atoms with van der Waals surface area (Å²) in [5.41, 5.74) is 3.08. The number of carbonyl (C=O) groups excluding carboxylic acids is 1. The first-order chi connectivity index (χ1) is 10.1. The van der Waals surface area contributed by atoms with Crippen LogP contribution >= 0.6 is 15.9 Å². The van der Waals surface area contributed by atoms with Crippen LogP contribution < -0.4 is 5.32 Å². The van der Waals surface area contributed by atoms with Crippen molar-refractivity contribution >= 4 is 38.4 Å². The maximum atomic E-state index is 12.1. The third-order valence-corrected chi connectivity index (χ3v) is 3.90. The molecule has 0 bridgehead atoms. The molecule has 0 atom stereocenters. The summed E-state index contributed by atoms with van der Waals surface area (Å²) in [4.78, 5) is 12.1. The highest BCUT2D eigenvalue weighted by molar-refractivity contribution is 9.10. The van der Waals surface area contributed by atoms with Crippen LogP contribution in [0.5, 0.6) is 0 Å². The number of aromatic nitrogens is 1. The first-order valence-electron chi connectivity index (χ1n) is 6.73. The van der Waals surface area contributed by atoms with Crippen molar-refractivity contribution in [3.05, 3.63) is 64.8 Å². The fourth-order valence-electron chi connectivity index (χ4n) is 2.32. The van der Waals surface area contributed by atoms with Crippen molar-refractivity contribution in [1.82, 2.24) is 4.57 Å². The van der Waals surface area contributed by atoms with Crippen LogP contribution in [-0.2, 0) is 11.3 Å². The fourth-order valence-corrected chi connectivity index (χ4v) is 2.58. The van der Waals surface area contributed by atoms with E-state index in [1.807, 2.05) is 41.1 Å². The van der Waals surface area contributed by atoms with Crippen molar-refractivity contribution in [3.8, 4) is 0 Å². The molecule has 0 saturated carbocycles. The number of hydrogen-bond acceptors (Lipinski definition) is 1. The molecular formula is C17H15BrN2O. The number of amides is 1. The monoisotopic (exact) mass is 342 g/mol. The van der Waals surface area contributed by atoms with Gasteiger partial charge in [-0.3, -0.25) is 4.79 Å². The molecule has 0 unspecified atom stereocenters. The van der Waals surface area contributed by atoms with Crippen LogP contribution in [0.2, 0.25) is 0 Å². The van der Waals surface area contributed by atoms with Gasteiger partial charge in [-0.1, -0.05) is 28.1 Å². The number of fused-ring (bicyclic) bond motifs is 1. The molecule has 1 N–H and O–H groups in total. The van der Waals surface area contributed by atoms with E-state index >= 15 is 0 Å². The van der Waals surface area contributed by atoms with Crippen LogP contribution in [0.1, 0.15) is 5.56 Å². The molecule has 3 rings (SSSR count). The molecule has 0 aliphatic heterocycles. The molecule has 0 aliphatic carbocycles. The van der Waals surface area contributed by atoms with E-state index in [1.165, 1.54) is 5.56 Å². The summed E-state index contributed by atoms with van der Waals surface area (Å²) >= 11 is 3.38. The Balaban J connectivity index is 1.77. The van der Waals surface area contributed by atoms with Crippen molar-refractivity contribution in [2.45, 2.75) is 13.5 Å². The highest BCUT2D eigenvalue weighted by atomic mass is 79.9. The number of nitrogens with one attached hydrogen (secondary N) is 1. The minimum Gasteiger partial charge on any atom is -0.338 e. The maximum Gasteiger partial charge on any atom is 0.244 e. The summed E-state index contributed by atoms with van der Waals surface area (Å²) in [6.45, 7) is 2.36. The first kappa shape index (κ1) is 13.9. The molecule has 106 valence electrons. The highest BCUT2D eigenvalue weighted by Crippen LogP contribution is 2.18. The minimum atomic E-state index is -0.0312. The number of halogens is 1. The van der Waals surface area contributed by atoms with Gasteiger partial charge in [-0.2, -0.15) is 0 Å². The third kappa shape index (κ3) is 3.16. The molecule has 0 fully saturated rings. The first-order valence-corrected chi connectivity index (χ1v) is 7.52. The van der Waals surface area contributed by atoms with E-state index < -0.39 is 0 Å². The predicted molar refractivity (Wildman–Crippen MR) is 89.4 cm³/mol. The van der Waals surface area contributed by atoms with Gasteiger partial charge in [-0.25, -0.2) is 0 Å². The molecule has 0 radical (unpaired) electrons. The molecule has 0 aliphatic rings. The molecule has 0 saturated heterocycles. The Kier molecular flexibility index (Phi) is 3.80. The Morgan fingerprint density at radius 3 is 2.67 bits per heavy atom. The molecule has 1 heterocycles. The lowest BCUT2D eigenvalue weighted by Crippen LogP contribution is -2.18. The predicted octanol–water partition coefficient (Wildman–Crippen LogP) is 4.35. The molecule has 1 amide bonds. The van der Waals surface area contributed by atoms with Gasteiger partial charge in [0.2, 0.25) is 5.91 Å². The largest absolute Gasteiger partial charge is 0.338 e. The second kappa shape index (κ2) is 5.74. The zero-order valence-electron chi connectivity index (χ0n) is 11.6. The van der Waals surface area contributed by atoms with Crippen LogP contribution in [0.25, 0.3) is 10.9 Å². The van der Waals surface area contributed by atoms with E-state index in [-0.39, 0.29) is 5.91 Å². The van der Waals surface area contributed by atoms with Gasteiger partial charge in [0.1, 0.15) is 6.54 Å². The number of benzene rings is 2. The number of aryl methyl sites for hydroxylation is 1. The van der Waals surface area contributed by atoms with E-state index in [0.29, 0.717) is 6.54 Å². The minimum absolute atomic E-state index is 0.0312. The Morgan fingerprint density at radius 1 is 1.14 bits per heavy atom. The summed E-state index contributed by atoms with van der Waals surface area (Å²) in [5, 5.41) is 4.06. The molecule has 0 spiro atoms. The van der Waals surface area contributed by atoms with Gasteiger partial charge in [0, 0.05) is 21.9 Å². The lowest BCUT2D eigenvalue weighted by atomic mass is 10.2. The number of hydrogen-bond donors (Lipinski definition) is 1. The van der Waals surface area contributed by atoms with E-state index in [1.54, 1.807) is 0 Å². The van der Waals surface area contributed by atoms with Crippen molar-refractivity contribution in [1.29, 1.82) is 0 Å². The van der Waals surface area contributed by atoms with Crippen LogP contribution in [0, 0.1) is 6.92 Å². The van der Waals surface area contributed by atoms with Gasteiger partial charge in [-0.15, -0.1) is 0 Å². The second-order valence-electron chi connectivity index (χ2n) is 5.06. The molecule has 4 heteroatoms. The zero-order valence-corrected chi connectivity index (χ0v) is 13.2. The Labute approximate surface area is 131 Å². The smallest absolute Gasteiger partial charge is 0.244 e. The van der Waals surface area contributed by atoms with E-state index in [2.05, 4.69) is 46.4 Å². The van der Waals surface area contributed by atoms with Gasteiger partial charge < -0.3 is 9.88 Å². The topological polar surface area (TPSA) is 34.0 Å². The lowest BCUT2D eigenvalue weighted by molar-refractivity contribution is -0.116. The Hall–Kier alpha value is -2.07. The van der Waals surface area contributed by atoms with Crippen molar-refractivity contribution in [3.63, 3.8) is 0 Å².